The van der Waals surface area contributed by atoms with E-state index < -0.39 is 21.7 Å². The Hall–Kier alpha value is -4.41. The molecule has 2 N–H and O–H groups in total. The van der Waals surface area contributed by atoms with Gasteiger partial charge in [-0.25, -0.2) is 13.2 Å². The Kier molecular flexibility index (Phi) is 10.8. The summed E-state index contributed by atoms with van der Waals surface area (Å²) in [7, 11) is -1.03. The monoisotopic (exact) mass is 651 g/mol. The third-order valence-electron chi connectivity index (χ3n) is 6.66. The third kappa shape index (κ3) is 9.54. The maximum absolute atomic E-state index is 13.7. The summed E-state index contributed by atoms with van der Waals surface area (Å²) in [4.78, 5) is 14.3. The number of amides is 1. The largest absolute Gasteiger partial charge is 0.497 e. The molecule has 0 radical (unpaired) electrons. The van der Waals surface area contributed by atoms with Gasteiger partial charge in [0, 0.05) is 30.3 Å². The number of methoxy groups -OCH3 is 2. The molecular weight excluding hydrogens is 614 g/mol. The van der Waals surface area contributed by atoms with Gasteiger partial charge < -0.3 is 24.4 Å². The van der Waals surface area contributed by atoms with Crippen LogP contribution in [0.1, 0.15) is 26.3 Å². The van der Waals surface area contributed by atoms with Crippen LogP contribution in [0.3, 0.4) is 0 Å². The molecule has 0 saturated heterocycles. The molecule has 0 aliphatic rings. The molecule has 0 aliphatic heterocycles. The van der Waals surface area contributed by atoms with Crippen molar-refractivity contribution in [3.05, 3.63) is 102 Å². The fourth-order valence-electron chi connectivity index (χ4n) is 4.57. The molecule has 4 aromatic carbocycles. The van der Waals surface area contributed by atoms with E-state index in [1.54, 1.807) is 82.5 Å². The van der Waals surface area contributed by atoms with Crippen molar-refractivity contribution >= 4 is 39.1 Å². The lowest BCUT2D eigenvalue weighted by atomic mass is 10.1. The van der Waals surface area contributed by atoms with E-state index in [0.717, 1.165) is 22.6 Å². The van der Waals surface area contributed by atoms with Gasteiger partial charge in [0.05, 0.1) is 19.9 Å². The molecular formula is C34H38ClN3O6S. The zero-order chi connectivity index (χ0) is 32.6. The number of halogens is 1. The van der Waals surface area contributed by atoms with Crippen LogP contribution >= 0.6 is 11.6 Å². The quantitative estimate of drug-likeness (QED) is 0.165. The van der Waals surface area contributed by atoms with E-state index in [9.17, 15) is 13.2 Å². The van der Waals surface area contributed by atoms with E-state index in [-0.39, 0.29) is 10.6 Å². The van der Waals surface area contributed by atoms with Crippen molar-refractivity contribution in [3.8, 4) is 22.6 Å². The van der Waals surface area contributed by atoms with Gasteiger partial charge in [-0.3, -0.25) is 4.72 Å². The van der Waals surface area contributed by atoms with E-state index in [1.807, 2.05) is 41.3 Å². The highest BCUT2D eigenvalue weighted by atomic mass is 35.5. The first-order valence-electron chi connectivity index (χ1n) is 14.3. The molecule has 1 amide bonds. The van der Waals surface area contributed by atoms with Gasteiger partial charge in [-0.15, -0.1) is 0 Å². The van der Waals surface area contributed by atoms with Gasteiger partial charge in [-0.2, -0.15) is 0 Å². The zero-order valence-corrected chi connectivity index (χ0v) is 27.5. The molecule has 4 rings (SSSR count). The van der Waals surface area contributed by atoms with Gasteiger partial charge in [-0.1, -0.05) is 48.0 Å². The molecule has 45 heavy (non-hydrogen) atoms. The molecule has 11 heteroatoms. The van der Waals surface area contributed by atoms with Gasteiger partial charge in [0.2, 0.25) is 0 Å². The molecule has 0 bridgehead atoms. The Bertz CT molecular complexity index is 1720. The number of nitrogens with one attached hydrogen (secondary N) is 2. The molecule has 4 aromatic rings. The van der Waals surface area contributed by atoms with E-state index in [0.29, 0.717) is 35.9 Å². The number of carbonyl (C=O) groups excluding carboxylic acids is 1. The molecule has 0 aromatic heterocycles. The number of benzene rings is 4. The third-order valence-corrected chi connectivity index (χ3v) is 8.29. The summed E-state index contributed by atoms with van der Waals surface area (Å²) in [5.74, 6) is 0.946. The van der Waals surface area contributed by atoms with Crippen LogP contribution in [0.5, 0.6) is 11.5 Å². The van der Waals surface area contributed by atoms with Gasteiger partial charge in [-0.05, 0) is 92.1 Å². The van der Waals surface area contributed by atoms with E-state index in [4.69, 9.17) is 25.8 Å². The van der Waals surface area contributed by atoms with Crippen molar-refractivity contribution in [1.82, 2.24) is 5.32 Å². The van der Waals surface area contributed by atoms with Crippen molar-refractivity contribution < 1.29 is 27.4 Å². The van der Waals surface area contributed by atoms with E-state index in [2.05, 4.69) is 10.0 Å². The van der Waals surface area contributed by atoms with Crippen LogP contribution in [0, 0.1) is 0 Å². The first-order chi connectivity index (χ1) is 21.4. The predicted molar refractivity (Wildman–Crippen MR) is 179 cm³/mol. The first kappa shape index (κ1) is 33.5. The highest BCUT2D eigenvalue weighted by molar-refractivity contribution is 7.92. The minimum absolute atomic E-state index is 0.00970. The number of hydrogen-bond donors (Lipinski definition) is 2. The average molecular weight is 652 g/mol. The summed E-state index contributed by atoms with van der Waals surface area (Å²) in [6, 6.07) is 26.9. The van der Waals surface area contributed by atoms with Gasteiger partial charge in [0.15, 0.2) is 0 Å². The van der Waals surface area contributed by atoms with Crippen LogP contribution in [-0.4, -0.2) is 47.4 Å². The van der Waals surface area contributed by atoms with Gasteiger partial charge in [0.1, 0.15) is 22.0 Å². The lowest BCUT2D eigenvalue weighted by Crippen LogP contribution is -2.38. The minimum atomic E-state index is -4.07. The summed E-state index contributed by atoms with van der Waals surface area (Å²) in [5, 5.41) is 3.34. The second-order valence-corrected chi connectivity index (χ2v) is 13.3. The molecule has 0 aliphatic carbocycles. The second kappa shape index (κ2) is 14.6. The maximum atomic E-state index is 13.7. The summed E-state index contributed by atoms with van der Waals surface area (Å²) in [5.41, 5.74) is 2.95. The number of sulfonamides is 1. The van der Waals surface area contributed by atoms with Crippen LogP contribution in [0.25, 0.3) is 11.1 Å². The lowest BCUT2D eigenvalue weighted by Gasteiger charge is -2.26. The lowest BCUT2D eigenvalue weighted by molar-refractivity contribution is 0.0529. The van der Waals surface area contributed by atoms with Crippen molar-refractivity contribution in [2.24, 2.45) is 0 Å². The molecule has 0 unspecified atom stereocenters. The Balaban J connectivity index is 1.60. The van der Waals surface area contributed by atoms with Crippen LogP contribution in [0.15, 0.2) is 95.9 Å². The highest BCUT2D eigenvalue weighted by Crippen LogP contribution is 2.33. The summed E-state index contributed by atoms with van der Waals surface area (Å²) < 4.78 is 46.2. The number of nitrogens with zero attached hydrogens (tertiary/aromatic N) is 1. The second-order valence-electron chi connectivity index (χ2n) is 11.2. The predicted octanol–water partition coefficient (Wildman–Crippen LogP) is 7.36. The Morgan fingerprint density at radius 3 is 2.24 bits per heavy atom. The molecule has 238 valence electrons. The number of alkyl carbamates (subject to hydrolysis) is 1. The minimum Gasteiger partial charge on any atom is -0.497 e. The molecule has 0 atom stereocenters. The number of anilines is 2. The number of rotatable bonds is 12. The van der Waals surface area contributed by atoms with Crippen LogP contribution < -0.4 is 24.4 Å². The number of carbonyl (C=O) groups is 1. The molecule has 0 fully saturated rings. The Morgan fingerprint density at radius 1 is 0.867 bits per heavy atom. The maximum Gasteiger partial charge on any atom is 0.407 e. The van der Waals surface area contributed by atoms with E-state index in [1.165, 1.54) is 7.11 Å². The van der Waals surface area contributed by atoms with Crippen molar-refractivity contribution in [2.45, 2.75) is 37.8 Å². The van der Waals surface area contributed by atoms with Crippen LogP contribution in [-0.2, 0) is 21.3 Å². The summed E-state index contributed by atoms with van der Waals surface area (Å²) in [6.45, 7) is 6.63. The van der Waals surface area contributed by atoms with Gasteiger partial charge in [0.25, 0.3) is 10.0 Å². The molecule has 0 spiro atoms. The fraction of sp³-hybridized carbons (Fsp3) is 0.265. The number of ether oxygens (including phenoxy) is 3. The first-order valence-corrected chi connectivity index (χ1v) is 16.1. The van der Waals surface area contributed by atoms with Crippen molar-refractivity contribution in [3.63, 3.8) is 0 Å². The normalized spacial score (nSPS) is 11.4. The van der Waals surface area contributed by atoms with Crippen LogP contribution in [0.2, 0.25) is 5.02 Å². The number of hydrogen-bond acceptors (Lipinski definition) is 7. The van der Waals surface area contributed by atoms with Crippen molar-refractivity contribution in [2.75, 3.05) is 36.9 Å². The average Bonchev–Trinajstić information content (AvgIpc) is 2.99. The topological polar surface area (TPSA) is 106 Å². The molecule has 9 nitrogen and oxygen atoms in total. The van der Waals surface area contributed by atoms with Crippen molar-refractivity contribution in [1.29, 1.82) is 0 Å². The van der Waals surface area contributed by atoms with Gasteiger partial charge >= 0.3 is 6.09 Å². The smallest absolute Gasteiger partial charge is 0.407 e. The summed E-state index contributed by atoms with van der Waals surface area (Å²) in [6.07, 6.45) is -0.512. The SMILES string of the molecule is COc1ccc(CN(CCNC(=O)OC(C)(C)C)c2cccc(NS(=O)(=O)c3cc(-c4cccc(Cl)c4)ccc3OC)c2)cc1. The highest BCUT2D eigenvalue weighted by Gasteiger charge is 2.22. The summed E-state index contributed by atoms with van der Waals surface area (Å²) >= 11 is 6.18. The standard InChI is InChI=1S/C34H38ClN3O6S/c1-34(2,3)44-33(39)36-18-19-38(23-24-12-15-30(42-4)16-13-24)29-11-7-10-28(22-29)37-45(40,41)32-21-26(14-17-31(32)43-5)25-8-6-9-27(35)20-25/h6-17,20-22,37H,18-19,23H2,1-5H3,(H,36,39). The zero-order valence-electron chi connectivity index (χ0n) is 26.0. The van der Waals surface area contributed by atoms with Crippen LogP contribution in [0.4, 0.5) is 16.2 Å². The molecule has 0 heterocycles. The molecule has 0 saturated carbocycles. The fourth-order valence-corrected chi connectivity index (χ4v) is 6.00. The Labute approximate surface area is 270 Å². The van der Waals surface area contributed by atoms with E-state index >= 15 is 0 Å². The Morgan fingerprint density at radius 2 is 1.58 bits per heavy atom.